The molecule has 2 aromatic rings. The second-order valence-corrected chi connectivity index (χ2v) is 7.04. The van der Waals surface area contributed by atoms with Gasteiger partial charge in [-0.2, -0.15) is 4.37 Å². The summed E-state index contributed by atoms with van der Waals surface area (Å²) in [4.78, 5) is 23.6. The Morgan fingerprint density at radius 2 is 2.00 bits per heavy atom. The van der Waals surface area contributed by atoms with Crippen LogP contribution in [0.5, 0.6) is 5.88 Å². The molecule has 0 saturated heterocycles. The van der Waals surface area contributed by atoms with Gasteiger partial charge in [0.15, 0.2) is 0 Å². The standard InChI is InChI=1S/C17H20F2N4O3S/c1-8(2)6-21-17(25)22-16-13(14(20)24)15(23-27-16)26-7-10-5-11(18)9(3)4-12(10)19/h4-5,8H,6-7H2,1-3H3,(H2,20,24)(H2,21,22,25). The van der Waals surface area contributed by atoms with Gasteiger partial charge in [-0.25, -0.2) is 13.6 Å². The molecular formula is C17H20F2N4O3S. The van der Waals surface area contributed by atoms with Crippen molar-refractivity contribution in [3.63, 3.8) is 0 Å². The van der Waals surface area contributed by atoms with E-state index in [4.69, 9.17) is 10.5 Å². The number of hydrogen-bond acceptors (Lipinski definition) is 5. The predicted molar refractivity (Wildman–Crippen MR) is 97.9 cm³/mol. The monoisotopic (exact) mass is 398 g/mol. The number of nitrogens with zero attached hydrogens (tertiary/aromatic N) is 1. The summed E-state index contributed by atoms with van der Waals surface area (Å²) in [7, 11) is 0. The lowest BCUT2D eigenvalue weighted by molar-refractivity contribution is 0.0996. The van der Waals surface area contributed by atoms with Crippen LogP contribution in [0.15, 0.2) is 12.1 Å². The largest absolute Gasteiger partial charge is 0.471 e. The van der Waals surface area contributed by atoms with Gasteiger partial charge in [0.25, 0.3) is 5.91 Å². The third-order valence-electron chi connectivity index (χ3n) is 3.50. The quantitative estimate of drug-likeness (QED) is 0.666. The number of halogens is 2. The molecule has 0 saturated carbocycles. The SMILES string of the molecule is Cc1cc(F)c(COc2nsc(NC(=O)NCC(C)C)c2C(N)=O)cc1F. The summed E-state index contributed by atoms with van der Waals surface area (Å²) >= 11 is 0.796. The van der Waals surface area contributed by atoms with Gasteiger partial charge in [0.1, 0.15) is 28.8 Å². The topological polar surface area (TPSA) is 106 Å². The summed E-state index contributed by atoms with van der Waals surface area (Å²) in [5, 5.41) is 5.22. The fourth-order valence-electron chi connectivity index (χ4n) is 2.06. The van der Waals surface area contributed by atoms with Gasteiger partial charge < -0.3 is 15.8 Å². The first kappa shape index (κ1) is 20.6. The number of benzene rings is 1. The number of nitrogens with one attached hydrogen (secondary N) is 2. The van der Waals surface area contributed by atoms with Gasteiger partial charge in [0, 0.05) is 12.1 Å². The molecule has 0 aliphatic rings. The Kier molecular flexibility index (Phi) is 6.67. The molecule has 0 radical (unpaired) electrons. The smallest absolute Gasteiger partial charge is 0.319 e. The number of carbonyl (C=O) groups is 2. The van der Waals surface area contributed by atoms with Crippen LogP contribution in [0.4, 0.5) is 18.6 Å². The van der Waals surface area contributed by atoms with Crippen molar-refractivity contribution in [1.29, 1.82) is 0 Å². The van der Waals surface area contributed by atoms with Crippen molar-refractivity contribution < 1.29 is 23.1 Å². The van der Waals surface area contributed by atoms with Crippen LogP contribution in [0.1, 0.15) is 35.3 Å². The van der Waals surface area contributed by atoms with Crippen LogP contribution in [0.2, 0.25) is 0 Å². The molecule has 1 aromatic carbocycles. The van der Waals surface area contributed by atoms with Gasteiger partial charge in [-0.05, 0) is 42.1 Å². The van der Waals surface area contributed by atoms with Gasteiger partial charge >= 0.3 is 6.03 Å². The second kappa shape index (κ2) is 8.76. The molecule has 3 amide bonds. The number of urea groups is 1. The summed E-state index contributed by atoms with van der Waals surface area (Å²) in [5.41, 5.74) is 5.34. The number of primary amides is 1. The molecule has 0 aliphatic carbocycles. The maximum Gasteiger partial charge on any atom is 0.319 e. The van der Waals surface area contributed by atoms with E-state index in [9.17, 15) is 18.4 Å². The number of rotatable bonds is 7. The van der Waals surface area contributed by atoms with Crippen LogP contribution in [0.25, 0.3) is 0 Å². The summed E-state index contributed by atoms with van der Waals surface area (Å²) in [5.74, 6) is -2.00. The Balaban J connectivity index is 2.14. The molecule has 27 heavy (non-hydrogen) atoms. The van der Waals surface area contributed by atoms with Gasteiger partial charge in [-0.3, -0.25) is 10.1 Å². The van der Waals surface area contributed by atoms with Gasteiger partial charge in [0.2, 0.25) is 5.88 Å². The molecule has 4 N–H and O–H groups in total. The molecule has 7 nitrogen and oxygen atoms in total. The molecule has 0 unspecified atom stereocenters. The third-order valence-corrected chi connectivity index (χ3v) is 4.24. The molecule has 0 aliphatic heterocycles. The molecule has 1 aromatic heterocycles. The maximum atomic E-state index is 13.9. The van der Waals surface area contributed by atoms with Crippen LogP contribution < -0.4 is 21.1 Å². The van der Waals surface area contributed by atoms with Crippen LogP contribution >= 0.6 is 11.5 Å². The Bertz CT molecular complexity index is 855. The lowest BCUT2D eigenvalue weighted by Crippen LogP contribution is -2.32. The van der Waals surface area contributed by atoms with E-state index in [-0.39, 0.29) is 40.1 Å². The fraction of sp³-hybridized carbons (Fsp3) is 0.353. The van der Waals surface area contributed by atoms with Crippen molar-refractivity contribution in [2.45, 2.75) is 27.4 Å². The molecule has 2 rings (SSSR count). The molecule has 0 fully saturated rings. The number of amides is 3. The number of nitrogens with two attached hydrogens (primary N) is 1. The summed E-state index contributed by atoms with van der Waals surface area (Å²) in [6.45, 7) is 5.39. The van der Waals surface area contributed by atoms with Gasteiger partial charge in [-0.15, -0.1) is 0 Å². The van der Waals surface area contributed by atoms with Crippen molar-refractivity contribution in [2.24, 2.45) is 11.7 Å². The molecule has 1 heterocycles. The first-order valence-corrected chi connectivity index (χ1v) is 8.88. The zero-order valence-electron chi connectivity index (χ0n) is 15.1. The Labute approximate surface area is 159 Å². The normalized spacial score (nSPS) is 10.7. The average Bonchev–Trinajstić information content (AvgIpc) is 2.97. The number of carbonyl (C=O) groups excluding carboxylic acids is 2. The zero-order chi connectivity index (χ0) is 20.1. The zero-order valence-corrected chi connectivity index (χ0v) is 15.9. The summed E-state index contributed by atoms with van der Waals surface area (Å²) < 4.78 is 36.8. The van der Waals surface area contributed by atoms with E-state index in [2.05, 4.69) is 15.0 Å². The Morgan fingerprint density at radius 3 is 2.63 bits per heavy atom. The van der Waals surface area contributed by atoms with Crippen molar-refractivity contribution in [3.8, 4) is 5.88 Å². The van der Waals surface area contributed by atoms with E-state index >= 15 is 0 Å². The number of aryl methyl sites for hydroxylation is 1. The van der Waals surface area contributed by atoms with Crippen molar-refractivity contribution in [2.75, 3.05) is 11.9 Å². The van der Waals surface area contributed by atoms with Crippen LogP contribution in [-0.4, -0.2) is 22.9 Å². The van der Waals surface area contributed by atoms with Gasteiger partial charge in [-0.1, -0.05) is 13.8 Å². The minimum Gasteiger partial charge on any atom is -0.471 e. The average molecular weight is 398 g/mol. The van der Waals surface area contributed by atoms with E-state index in [1.165, 1.54) is 6.92 Å². The van der Waals surface area contributed by atoms with E-state index < -0.39 is 23.6 Å². The molecule has 0 bridgehead atoms. The number of ether oxygens (including phenoxy) is 1. The Hall–Kier alpha value is -2.75. The molecule has 10 heteroatoms. The molecule has 146 valence electrons. The van der Waals surface area contributed by atoms with E-state index in [0.29, 0.717) is 6.54 Å². The van der Waals surface area contributed by atoms with Crippen LogP contribution in [0.3, 0.4) is 0 Å². The first-order valence-electron chi connectivity index (χ1n) is 8.10. The molecule has 0 atom stereocenters. The molecule has 0 spiro atoms. The number of hydrogen-bond donors (Lipinski definition) is 3. The third kappa shape index (κ3) is 5.36. The van der Waals surface area contributed by atoms with Crippen molar-refractivity contribution >= 4 is 28.5 Å². The predicted octanol–water partition coefficient (Wildman–Crippen LogP) is 3.19. The highest BCUT2D eigenvalue weighted by Crippen LogP contribution is 2.31. The maximum absolute atomic E-state index is 13.9. The minimum atomic E-state index is -0.867. The van der Waals surface area contributed by atoms with E-state index in [0.717, 1.165) is 23.7 Å². The van der Waals surface area contributed by atoms with Crippen LogP contribution in [0, 0.1) is 24.5 Å². The number of aromatic nitrogens is 1. The highest BCUT2D eigenvalue weighted by atomic mass is 32.1. The van der Waals surface area contributed by atoms with Gasteiger partial charge in [0.05, 0.1) is 0 Å². The fourth-order valence-corrected chi connectivity index (χ4v) is 2.80. The van der Waals surface area contributed by atoms with Crippen molar-refractivity contribution in [3.05, 3.63) is 40.5 Å². The van der Waals surface area contributed by atoms with E-state index in [1.807, 2.05) is 13.8 Å². The first-order chi connectivity index (χ1) is 12.7. The lowest BCUT2D eigenvalue weighted by atomic mass is 10.1. The Morgan fingerprint density at radius 1 is 1.30 bits per heavy atom. The highest BCUT2D eigenvalue weighted by Gasteiger charge is 2.22. The lowest BCUT2D eigenvalue weighted by Gasteiger charge is -2.09. The highest BCUT2D eigenvalue weighted by molar-refractivity contribution is 7.11. The second-order valence-electron chi connectivity index (χ2n) is 6.27. The van der Waals surface area contributed by atoms with Crippen LogP contribution in [-0.2, 0) is 6.61 Å². The minimum absolute atomic E-state index is 0.0364. The summed E-state index contributed by atoms with van der Waals surface area (Å²) in [6.07, 6.45) is 0. The number of anilines is 1. The van der Waals surface area contributed by atoms with E-state index in [1.54, 1.807) is 0 Å². The van der Waals surface area contributed by atoms with Crippen molar-refractivity contribution in [1.82, 2.24) is 9.69 Å². The summed E-state index contributed by atoms with van der Waals surface area (Å²) in [6, 6.07) is 1.54. The molecular weight excluding hydrogens is 378 g/mol.